The van der Waals surface area contributed by atoms with Crippen molar-refractivity contribution in [2.45, 2.75) is 45.2 Å². The lowest BCUT2D eigenvalue weighted by atomic mass is 10.1. The zero-order valence-electron chi connectivity index (χ0n) is 10.9. The van der Waals surface area contributed by atoms with Crippen molar-refractivity contribution in [3.05, 3.63) is 16.6 Å². The minimum absolute atomic E-state index is 0.369. The summed E-state index contributed by atoms with van der Waals surface area (Å²) >= 11 is 1.67. The summed E-state index contributed by atoms with van der Waals surface area (Å²) in [6, 6.07) is 1.00. The summed E-state index contributed by atoms with van der Waals surface area (Å²) < 4.78 is 0. The third-order valence-electron chi connectivity index (χ3n) is 3.63. The number of aromatic nitrogens is 1. The molecule has 2 unspecified atom stereocenters. The van der Waals surface area contributed by atoms with Crippen LogP contribution in [0.2, 0.25) is 0 Å². The van der Waals surface area contributed by atoms with E-state index in [0.29, 0.717) is 12.1 Å². The molecule has 17 heavy (non-hydrogen) atoms. The van der Waals surface area contributed by atoms with E-state index in [1.807, 2.05) is 5.51 Å². The Balaban J connectivity index is 1.73. The summed E-state index contributed by atoms with van der Waals surface area (Å²) in [7, 11) is 0. The van der Waals surface area contributed by atoms with Crippen LogP contribution in [0.25, 0.3) is 0 Å². The number of nitrogens with zero attached hydrogens (tertiary/aromatic N) is 2. The number of thiazole rings is 1. The fourth-order valence-electron chi connectivity index (χ4n) is 2.38. The number of hydrogen-bond acceptors (Lipinski definition) is 4. The molecule has 1 saturated heterocycles. The normalized spacial score (nSPS) is 21.3. The number of likely N-dealkylation sites (tertiary alicyclic amines) is 1. The third-order valence-corrected chi connectivity index (χ3v) is 4.23. The van der Waals surface area contributed by atoms with E-state index < -0.39 is 0 Å². The SMILES string of the molecule is CC(NCC(C)N1CCCCC1)c1cscn1. The van der Waals surface area contributed by atoms with Crippen LogP contribution in [0.15, 0.2) is 10.9 Å². The fraction of sp³-hybridized carbons (Fsp3) is 0.769. The predicted molar refractivity (Wildman–Crippen MR) is 73.4 cm³/mol. The summed E-state index contributed by atoms with van der Waals surface area (Å²) in [6.07, 6.45) is 4.14. The van der Waals surface area contributed by atoms with Crippen molar-refractivity contribution in [1.29, 1.82) is 0 Å². The molecule has 1 fully saturated rings. The van der Waals surface area contributed by atoms with E-state index >= 15 is 0 Å². The molecule has 0 radical (unpaired) electrons. The number of hydrogen-bond donors (Lipinski definition) is 1. The van der Waals surface area contributed by atoms with Gasteiger partial charge in [0.15, 0.2) is 0 Å². The van der Waals surface area contributed by atoms with Gasteiger partial charge in [0.05, 0.1) is 11.2 Å². The maximum absolute atomic E-state index is 4.35. The van der Waals surface area contributed by atoms with Gasteiger partial charge in [-0.1, -0.05) is 6.42 Å². The minimum Gasteiger partial charge on any atom is -0.307 e. The molecule has 0 spiro atoms. The number of rotatable bonds is 5. The Bertz CT molecular complexity index is 306. The van der Waals surface area contributed by atoms with Gasteiger partial charge in [0.1, 0.15) is 0 Å². The van der Waals surface area contributed by atoms with Gasteiger partial charge in [0.25, 0.3) is 0 Å². The van der Waals surface area contributed by atoms with Crippen LogP contribution in [0.1, 0.15) is 44.8 Å². The second kappa shape index (κ2) is 6.47. The Morgan fingerprint density at radius 3 is 2.76 bits per heavy atom. The first-order valence-corrected chi connectivity index (χ1v) is 7.57. The maximum Gasteiger partial charge on any atom is 0.0795 e. The van der Waals surface area contributed by atoms with Gasteiger partial charge in [0.2, 0.25) is 0 Å². The topological polar surface area (TPSA) is 28.2 Å². The van der Waals surface area contributed by atoms with Gasteiger partial charge in [-0.2, -0.15) is 0 Å². The lowest BCUT2D eigenvalue weighted by molar-refractivity contribution is 0.168. The third kappa shape index (κ3) is 3.76. The van der Waals surface area contributed by atoms with Crippen LogP contribution in [0.3, 0.4) is 0 Å². The summed E-state index contributed by atoms with van der Waals surface area (Å²) in [4.78, 5) is 6.95. The van der Waals surface area contributed by atoms with Crippen LogP contribution < -0.4 is 5.32 Å². The minimum atomic E-state index is 0.369. The number of nitrogens with one attached hydrogen (secondary N) is 1. The van der Waals surface area contributed by atoms with Crippen molar-refractivity contribution in [3.8, 4) is 0 Å². The molecule has 2 rings (SSSR count). The van der Waals surface area contributed by atoms with E-state index in [9.17, 15) is 0 Å². The second-order valence-corrected chi connectivity index (χ2v) is 5.71. The van der Waals surface area contributed by atoms with Gasteiger partial charge in [-0.15, -0.1) is 11.3 Å². The van der Waals surface area contributed by atoms with Gasteiger partial charge in [-0.25, -0.2) is 4.98 Å². The lowest BCUT2D eigenvalue weighted by Crippen LogP contribution is -2.43. The highest BCUT2D eigenvalue weighted by Gasteiger charge is 2.17. The Morgan fingerprint density at radius 2 is 2.12 bits per heavy atom. The molecule has 0 aliphatic carbocycles. The molecule has 1 N–H and O–H groups in total. The van der Waals surface area contributed by atoms with Crippen LogP contribution in [-0.2, 0) is 0 Å². The first kappa shape index (κ1) is 13.0. The van der Waals surface area contributed by atoms with Crippen LogP contribution in [0.5, 0.6) is 0 Å². The second-order valence-electron chi connectivity index (χ2n) is 4.99. The van der Waals surface area contributed by atoms with Gasteiger partial charge in [0, 0.05) is 24.0 Å². The molecule has 2 heterocycles. The molecular weight excluding hydrogens is 230 g/mol. The Labute approximate surface area is 108 Å². The number of piperidine rings is 1. The molecule has 4 heteroatoms. The van der Waals surface area contributed by atoms with E-state index in [1.165, 1.54) is 38.0 Å². The van der Waals surface area contributed by atoms with E-state index in [0.717, 1.165) is 6.54 Å². The van der Waals surface area contributed by atoms with Crippen molar-refractivity contribution in [1.82, 2.24) is 15.2 Å². The molecule has 96 valence electrons. The van der Waals surface area contributed by atoms with Crippen LogP contribution in [-0.4, -0.2) is 35.6 Å². The average Bonchev–Trinajstić information content (AvgIpc) is 2.90. The predicted octanol–water partition coefficient (Wildman–Crippen LogP) is 2.67. The van der Waals surface area contributed by atoms with E-state index in [-0.39, 0.29) is 0 Å². The summed E-state index contributed by atoms with van der Waals surface area (Å²) in [5.74, 6) is 0. The van der Waals surface area contributed by atoms with Crippen molar-refractivity contribution in [2.75, 3.05) is 19.6 Å². The molecule has 1 aliphatic heterocycles. The summed E-state index contributed by atoms with van der Waals surface area (Å²) in [5.41, 5.74) is 3.07. The molecule has 2 atom stereocenters. The quantitative estimate of drug-likeness (QED) is 0.874. The van der Waals surface area contributed by atoms with Crippen molar-refractivity contribution in [3.63, 3.8) is 0 Å². The molecular formula is C13H23N3S. The fourth-order valence-corrected chi connectivity index (χ4v) is 3.02. The molecule has 0 bridgehead atoms. The smallest absolute Gasteiger partial charge is 0.0795 e. The largest absolute Gasteiger partial charge is 0.307 e. The zero-order valence-corrected chi connectivity index (χ0v) is 11.7. The van der Waals surface area contributed by atoms with E-state index in [2.05, 4.69) is 34.4 Å². The van der Waals surface area contributed by atoms with Gasteiger partial charge >= 0.3 is 0 Å². The maximum atomic E-state index is 4.35. The van der Waals surface area contributed by atoms with E-state index in [1.54, 1.807) is 11.3 Å². The Kier molecular flexibility index (Phi) is 4.95. The molecule has 3 nitrogen and oxygen atoms in total. The molecule has 0 aromatic carbocycles. The standard InChI is InChI=1S/C13H23N3S/c1-11(16-6-4-3-5-7-16)8-14-12(2)13-9-17-10-15-13/h9-12,14H,3-8H2,1-2H3. The highest BCUT2D eigenvalue weighted by Crippen LogP contribution is 2.14. The van der Waals surface area contributed by atoms with Gasteiger partial charge in [-0.05, 0) is 39.8 Å². The van der Waals surface area contributed by atoms with Crippen LogP contribution >= 0.6 is 11.3 Å². The van der Waals surface area contributed by atoms with Gasteiger partial charge < -0.3 is 5.32 Å². The van der Waals surface area contributed by atoms with Crippen molar-refractivity contribution < 1.29 is 0 Å². The summed E-state index contributed by atoms with van der Waals surface area (Å²) in [5, 5.41) is 5.71. The monoisotopic (exact) mass is 253 g/mol. The highest BCUT2D eigenvalue weighted by molar-refractivity contribution is 7.07. The highest BCUT2D eigenvalue weighted by atomic mass is 32.1. The molecule has 0 saturated carbocycles. The zero-order chi connectivity index (χ0) is 12.1. The van der Waals surface area contributed by atoms with Gasteiger partial charge in [-0.3, -0.25) is 4.90 Å². The van der Waals surface area contributed by atoms with Crippen molar-refractivity contribution >= 4 is 11.3 Å². The van der Waals surface area contributed by atoms with Crippen LogP contribution in [0, 0.1) is 0 Å². The van der Waals surface area contributed by atoms with Crippen LogP contribution in [0.4, 0.5) is 0 Å². The molecule has 1 aromatic heterocycles. The molecule has 1 aromatic rings. The molecule has 0 amide bonds. The Hall–Kier alpha value is -0.450. The summed E-state index contributed by atoms with van der Waals surface area (Å²) in [6.45, 7) is 8.12. The lowest BCUT2D eigenvalue weighted by Gasteiger charge is -2.33. The van der Waals surface area contributed by atoms with Crippen molar-refractivity contribution in [2.24, 2.45) is 0 Å². The first-order chi connectivity index (χ1) is 8.27. The van der Waals surface area contributed by atoms with E-state index in [4.69, 9.17) is 0 Å². The Morgan fingerprint density at radius 1 is 1.35 bits per heavy atom. The average molecular weight is 253 g/mol. The first-order valence-electron chi connectivity index (χ1n) is 6.63. The molecule has 1 aliphatic rings.